The van der Waals surface area contributed by atoms with Gasteiger partial charge in [0.2, 0.25) is 0 Å². The summed E-state index contributed by atoms with van der Waals surface area (Å²) in [6.45, 7) is 2.55. The lowest BCUT2D eigenvalue weighted by atomic mass is 10.0. The zero-order valence-corrected chi connectivity index (χ0v) is 14.6. The van der Waals surface area contributed by atoms with Crippen LogP contribution in [0.4, 0.5) is 0 Å². The molecule has 26 heavy (non-hydrogen) atoms. The number of hydrogen-bond acceptors (Lipinski definition) is 2. The van der Waals surface area contributed by atoms with Crippen LogP contribution in [0.25, 0.3) is 0 Å². The van der Waals surface area contributed by atoms with Crippen molar-refractivity contribution in [2.75, 3.05) is 0 Å². The van der Waals surface area contributed by atoms with Crippen molar-refractivity contribution in [1.29, 1.82) is 0 Å². The zero-order valence-electron chi connectivity index (χ0n) is 14.6. The van der Waals surface area contributed by atoms with Crippen molar-refractivity contribution in [2.24, 2.45) is 0 Å². The predicted molar refractivity (Wildman–Crippen MR) is 104 cm³/mol. The Bertz CT molecular complexity index is 924. The summed E-state index contributed by atoms with van der Waals surface area (Å²) in [4.78, 5) is 16.3. The Labute approximate surface area is 154 Å². The molecule has 0 aliphatic heterocycles. The van der Waals surface area contributed by atoms with Gasteiger partial charge in [0.15, 0.2) is 0 Å². The molecule has 3 nitrogen and oxygen atoms in total. The maximum Gasteiger partial charge on any atom is 0.251 e. The average molecular weight is 340 g/mol. The number of aromatic nitrogens is 1. The number of nitrogens with zero attached hydrogens (tertiary/aromatic N) is 1. The van der Waals surface area contributed by atoms with Gasteiger partial charge in [0, 0.05) is 36.0 Å². The van der Waals surface area contributed by atoms with E-state index in [0.717, 1.165) is 11.1 Å². The molecule has 3 aromatic rings. The Morgan fingerprint density at radius 2 is 1.81 bits per heavy atom. The normalized spacial score (nSPS) is 11.1. The van der Waals surface area contributed by atoms with Crippen LogP contribution < -0.4 is 5.32 Å². The number of carbonyl (C=O) groups excluding carboxylic acids is 1. The molecular weight excluding hydrogens is 320 g/mol. The predicted octanol–water partition coefficient (Wildman–Crippen LogP) is 4.17. The molecule has 128 valence electrons. The summed E-state index contributed by atoms with van der Waals surface area (Å²) in [7, 11) is 0. The minimum atomic E-state index is -0.110. The van der Waals surface area contributed by atoms with E-state index in [1.165, 1.54) is 5.56 Å². The fourth-order valence-corrected chi connectivity index (χ4v) is 2.54. The van der Waals surface area contributed by atoms with Gasteiger partial charge in [-0.25, -0.2) is 0 Å². The van der Waals surface area contributed by atoms with Crippen molar-refractivity contribution in [1.82, 2.24) is 10.3 Å². The quantitative estimate of drug-likeness (QED) is 0.725. The summed E-state index contributed by atoms with van der Waals surface area (Å²) in [5.74, 6) is 6.45. The van der Waals surface area contributed by atoms with E-state index < -0.39 is 0 Å². The Balaban J connectivity index is 1.66. The van der Waals surface area contributed by atoms with Gasteiger partial charge in [-0.2, -0.15) is 0 Å². The van der Waals surface area contributed by atoms with Crippen LogP contribution >= 0.6 is 0 Å². The van der Waals surface area contributed by atoms with Crippen molar-refractivity contribution in [3.05, 3.63) is 101 Å². The third-order valence-corrected chi connectivity index (χ3v) is 4.06. The highest BCUT2D eigenvalue weighted by Gasteiger charge is 2.06. The smallest absolute Gasteiger partial charge is 0.251 e. The first-order valence-corrected chi connectivity index (χ1v) is 8.56. The van der Waals surface area contributed by atoms with Gasteiger partial charge in [-0.3, -0.25) is 9.78 Å². The van der Waals surface area contributed by atoms with E-state index >= 15 is 0 Å². The molecule has 0 aliphatic rings. The second-order valence-electron chi connectivity index (χ2n) is 6.02. The van der Waals surface area contributed by atoms with Crippen LogP contribution in [0.1, 0.15) is 39.9 Å². The van der Waals surface area contributed by atoms with Crippen molar-refractivity contribution >= 4 is 5.91 Å². The molecule has 1 aromatic heterocycles. The Hall–Kier alpha value is -3.38. The fourth-order valence-electron chi connectivity index (χ4n) is 2.54. The van der Waals surface area contributed by atoms with Crippen molar-refractivity contribution < 1.29 is 4.79 Å². The lowest BCUT2D eigenvalue weighted by molar-refractivity contribution is 0.0951. The maximum absolute atomic E-state index is 12.4. The average Bonchev–Trinajstić information content (AvgIpc) is 2.72. The molecule has 0 saturated heterocycles. The van der Waals surface area contributed by atoms with Crippen molar-refractivity contribution in [2.45, 2.75) is 19.4 Å². The van der Waals surface area contributed by atoms with Gasteiger partial charge in [-0.15, -0.1) is 0 Å². The third-order valence-electron chi connectivity index (χ3n) is 4.06. The second-order valence-corrected chi connectivity index (χ2v) is 6.02. The molecular formula is C23H20N2O. The summed E-state index contributed by atoms with van der Waals surface area (Å²) in [5, 5.41) is 2.92. The molecule has 1 unspecified atom stereocenters. The minimum Gasteiger partial charge on any atom is -0.348 e. The number of hydrogen-bond donors (Lipinski definition) is 1. The molecule has 0 fully saturated rings. The molecule has 1 N–H and O–H groups in total. The molecule has 1 heterocycles. The van der Waals surface area contributed by atoms with E-state index in [1.54, 1.807) is 18.5 Å². The second kappa shape index (κ2) is 8.64. The number of nitrogens with one attached hydrogen (secondary N) is 1. The van der Waals surface area contributed by atoms with Gasteiger partial charge < -0.3 is 5.32 Å². The van der Waals surface area contributed by atoms with Crippen LogP contribution in [-0.4, -0.2) is 10.9 Å². The topological polar surface area (TPSA) is 42.0 Å². The summed E-state index contributed by atoms with van der Waals surface area (Å²) in [6, 6.07) is 21.3. The first kappa shape index (κ1) is 17.4. The fraction of sp³-hybridized carbons (Fsp3) is 0.130. The third kappa shape index (κ3) is 4.81. The van der Waals surface area contributed by atoms with Gasteiger partial charge in [0.1, 0.15) is 0 Å². The van der Waals surface area contributed by atoms with Crippen LogP contribution in [0.5, 0.6) is 0 Å². The molecule has 0 aliphatic carbocycles. The molecule has 3 rings (SSSR count). The summed E-state index contributed by atoms with van der Waals surface area (Å²) in [5.41, 5.74) is 3.65. The summed E-state index contributed by atoms with van der Waals surface area (Å²) < 4.78 is 0. The number of amides is 1. The number of pyridine rings is 1. The Morgan fingerprint density at radius 3 is 2.58 bits per heavy atom. The van der Waals surface area contributed by atoms with Gasteiger partial charge in [-0.1, -0.05) is 48.2 Å². The SMILES string of the molecule is CC(C#Cc1cccc(C(=O)NCc2ccncc2)c1)c1ccccc1. The molecule has 0 saturated carbocycles. The van der Waals surface area contributed by atoms with Gasteiger partial charge >= 0.3 is 0 Å². The van der Waals surface area contributed by atoms with Crippen LogP contribution in [0.3, 0.4) is 0 Å². The number of rotatable bonds is 4. The monoisotopic (exact) mass is 340 g/mol. The Morgan fingerprint density at radius 1 is 1.04 bits per heavy atom. The highest BCUT2D eigenvalue weighted by Crippen LogP contribution is 2.13. The van der Waals surface area contributed by atoms with Gasteiger partial charge in [-0.05, 0) is 48.4 Å². The molecule has 1 atom stereocenters. The van der Waals surface area contributed by atoms with E-state index in [0.29, 0.717) is 12.1 Å². The lowest BCUT2D eigenvalue weighted by Gasteiger charge is -2.06. The maximum atomic E-state index is 12.4. The van der Waals surface area contributed by atoms with E-state index in [9.17, 15) is 4.79 Å². The lowest BCUT2D eigenvalue weighted by Crippen LogP contribution is -2.22. The molecule has 0 radical (unpaired) electrons. The van der Waals surface area contributed by atoms with Gasteiger partial charge in [0.05, 0.1) is 0 Å². The van der Waals surface area contributed by atoms with Crippen LogP contribution in [0.15, 0.2) is 79.1 Å². The minimum absolute atomic E-state index is 0.110. The number of benzene rings is 2. The van der Waals surface area contributed by atoms with E-state index in [1.807, 2.05) is 48.5 Å². The molecule has 2 aromatic carbocycles. The van der Waals surface area contributed by atoms with Crippen LogP contribution in [0, 0.1) is 11.8 Å². The summed E-state index contributed by atoms with van der Waals surface area (Å²) in [6.07, 6.45) is 3.43. The van der Waals surface area contributed by atoms with E-state index in [4.69, 9.17) is 0 Å². The standard InChI is InChI=1S/C23H20N2O/c1-18(21-7-3-2-4-8-21)10-11-19-6-5-9-22(16-19)23(26)25-17-20-12-14-24-15-13-20/h2-9,12-16,18H,17H2,1H3,(H,25,26). The highest BCUT2D eigenvalue weighted by molar-refractivity contribution is 5.94. The number of carbonyl (C=O) groups is 1. The van der Waals surface area contributed by atoms with Crippen LogP contribution in [0.2, 0.25) is 0 Å². The zero-order chi connectivity index (χ0) is 18.2. The van der Waals surface area contributed by atoms with Gasteiger partial charge in [0.25, 0.3) is 5.91 Å². The van der Waals surface area contributed by atoms with Crippen LogP contribution in [-0.2, 0) is 6.54 Å². The first-order chi connectivity index (χ1) is 12.7. The first-order valence-electron chi connectivity index (χ1n) is 8.56. The molecule has 1 amide bonds. The largest absolute Gasteiger partial charge is 0.348 e. The Kier molecular flexibility index (Phi) is 5.80. The van der Waals surface area contributed by atoms with Crippen molar-refractivity contribution in [3.8, 4) is 11.8 Å². The summed E-state index contributed by atoms with van der Waals surface area (Å²) >= 11 is 0. The van der Waals surface area contributed by atoms with E-state index in [2.05, 4.69) is 41.2 Å². The molecule has 0 spiro atoms. The molecule has 3 heteroatoms. The molecule has 0 bridgehead atoms. The highest BCUT2D eigenvalue weighted by atomic mass is 16.1. The van der Waals surface area contributed by atoms with E-state index in [-0.39, 0.29) is 11.8 Å². The van der Waals surface area contributed by atoms with Crippen molar-refractivity contribution in [3.63, 3.8) is 0 Å².